The number of ether oxygens (including phenoxy) is 3. The zero-order chi connectivity index (χ0) is 24.8. The number of carbonyl (C=O) groups is 2. The number of Topliss-reactive ketones (excluding diaryl/α,β-unsaturated/α-hetero) is 1. The molecule has 3 aromatic carbocycles. The third-order valence-electron chi connectivity index (χ3n) is 5.80. The number of ketones is 1. The van der Waals surface area contributed by atoms with Crippen molar-refractivity contribution in [2.45, 2.75) is 12.5 Å². The third-order valence-corrected chi connectivity index (χ3v) is 5.80. The number of amides is 1. The van der Waals surface area contributed by atoms with Crippen molar-refractivity contribution in [1.29, 1.82) is 0 Å². The molecule has 1 aliphatic rings. The second kappa shape index (κ2) is 10.9. The molecule has 1 N–H and O–H groups in total. The summed E-state index contributed by atoms with van der Waals surface area (Å²) in [5.74, 6) is 0.215. The van der Waals surface area contributed by atoms with Gasteiger partial charge in [-0.2, -0.15) is 0 Å². The average molecular weight is 474 g/mol. The molecule has 1 aliphatic heterocycles. The molecule has 35 heavy (non-hydrogen) atoms. The van der Waals surface area contributed by atoms with Gasteiger partial charge in [-0.3, -0.25) is 9.59 Å². The van der Waals surface area contributed by atoms with Crippen molar-refractivity contribution in [3.8, 4) is 17.2 Å². The van der Waals surface area contributed by atoms with Crippen LogP contribution in [0.25, 0.3) is 5.76 Å². The van der Waals surface area contributed by atoms with E-state index in [4.69, 9.17) is 14.2 Å². The largest absolute Gasteiger partial charge is 0.507 e. The lowest BCUT2D eigenvalue weighted by molar-refractivity contribution is -0.140. The normalized spacial score (nSPS) is 17.0. The fourth-order valence-corrected chi connectivity index (χ4v) is 4.11. The van der Waals surface area contributed by atoms with E-state index < -0.39 is 17.7 Å². The fourth-order valence-electron chi connectivity index (χ4n) is 4.11. The molecule has 0 aliphatic carbocycles. The van der Waals surface area contributed by atoms with E-state index in [-0.39, 0.29) is 11.3 Å². The highest BCUT2D eigenvalue weighted by molar-refractivity contribution is 6.46. The number of carbonyl (C=O) groups excluding carboxylic acids is 2. The van der Waals surface area contributed by atoms with Crippen LogP contribution in [0.5, 0.6) is 17.2 Å². The van der Waals surface area contributed by atoms with E-state index in [1.807, 2.05) is 36.4 Å². The number of hydrogen-bond donors (Lipinski definition) is 1. The summed E-state index contributed by atoms with van der Waals surface area (Å²) in [6, 6.07) is 22.4. The van der Waals surface area contributed by atoms with Crippen molar-refractivity contribution in [2.75, 3.05) is 27.4 Å². The van der Waals surface area contributed by atoms with E-state index in [1.165, 1.54) is 4.90 Å². The van der Waals surface area contributed by atoms with Gasteiger partial charge in [0.2, 0.25) is 0 Å². The van der Waals surface area contributed by atoms with Gasteiger partial charge in [0.25, 0.3) is 11.7 Å². The Kier molecular flexibility index (Phi) is 7.48. The number of aliphatic hydroxyl groups excluding tert-OH is 1. The number of rotatable bonds is 9. The molecule has 0 bridgehead atoms. The van der Waals surface area contributed by atoms with Gasteiger partial charge in [0, 0.05) is 25.8 Å². The van der Waals surface area contributed by atoms with Gasteiger partial charge >= 0.3 is 0 Å². The van der Waals surface area contributed by atoms with Gasteiger partial charge in [0.05, 0.1) is 18.7 Å². The molecule has 0 aromatic heterocycles. The number of hydrogen-bond acceptors (Lipinski definition) is 6. The summed E-state index contributed by atoms with van der Waals surface area (Å²) in [7, 11) is 3.13. The van der Waals surface area contributed by atoms with Crippen LogP contribution in [0, 0.1) is 0 Å². The lowest BCUT2D eigenvalue weighted by atomic mass is 9.95. The number of benzene rings is 3. The highest BCUT2D eigenvalue weighted by Gasteiger charge is 2.45. The zero-order valence-corrected chi connectivity index (χ0v) is 19.6. The van der Waals surface area contributed by atoms with Gasteiger partial charge in [-0.25, -0.2) is 0 Å². The first kappa shape index (κ1) is 24.0. The van der Waals surface area contributed by atoms with Gasteiger partial charge in [-0.1, -0.05) is 30.3 Å². The molecular weight excluding hydrogens is 446 g/mol. The minimum Gasteiger partial charge on any atom is -0.507 e. The van der Waals surface area contributed by atoms with Gasteiger partial charge in [-0.05, 0) is 60.5 Å². The number of aliphatic hydroxyl groups is 1. The fraction of sp³-hybridized carbons (Fsp3) is 0.214. The maximum atomic E-state index is 13.1. The lowest BCUT2D eigenvalue weighted by Gasteiger charge is -2.25. The van der Waals surface area contributed by atoms with Gasteiger partial charge in [0.15, 0.2) is 0 Å². The Balaban J connectivity index is 1.77. The third kappa shape index (κ3) is 5.20. The molecule has 1 saturated heterocycles. The number of para-hydroxylation sites is 1. The molecule has 180 valence electrons. The van der Waals surface area contributed by atoms with E-state index in [0.29, 0.717) is 47.9 Å². The Bertz CT molecular complexity index is 1220. The smallest absolute Gasteiger partial charge is 0.295 e. The molecule has 7 nitrogen and oxygen atoms in total. The van der Waals surface area contributed by atoms with E-state index in [2.05, 4.69) is 0 Å². The summed E-state index contributed by atoms with van der Waals surface area (Å²) in [5.41, 5.74) is 1.11. The van der Waals surface area contributed by atoms with Crippen molar-refractivity contribution in [2.24, 2.45) is 0 Å². The van der Waals surface area contributed by atoms with Gasteiger partial charge in [0.1, 0.15) is 23.0 Å². The van der Waals surface area contributed by atoms with Crippen molar-refractivity contribution < 1.29 is 28.9 Å². The second-order valence-electron chi connectivity index (χ2n) is 8.05. The summed E-state index contributed by atoms with van der Waals surface area (Å²) in [6.07, 6.45) is 0.544. The molecule has 1 amide bonds. The van der Waals surface area contributed by atoms with Crippen molar-refractivity contribution in [3.63, 3.8) is 0 Å². The molecule has 0 unspecified atom stereocenters. The Morgan fingerprint density at radius 1 is 0.886 bits per heavy atom. The summed E-state index contributed by atoms with van der Waals surface area (Å²) >= 11 is 0. The van der Waals surface area contributed by atoms with Crippen LogP contribution in [-0.2, 0) is 14.3 Å². The van der Waals surface area contributed by atoms with Crippen molar-refractivity contribution in [3.05, 3.63) is 95.6 Å². The molecule has 1 heterocycles. The van der Waals surface area contributed by atoms with Crippen molar-refractivity contribution >= 4 is 17.4 Å². The predicted molar refractivity (Wildman–Crippen MR) is 131 cm³/mol. The average Bonchev–Trinajstić information content (AvgIpc) is 3.14. The van der Waals surface area contributed by atoms with Gasteiger partial charge < -0.3 is 24.2 Å². The summed E-state index contributed by atoms with van der Waals surface area (Å²) in [6.45, 7) is 0.734. The zero-order valence-electron chi connectivity index (χ0n) is 19.6. The highest BCUT2D eigenvalue weighted by Crippen LogP contribution is 2.40. The predicted octanol–water partition coefficient (Wildman–Crippen LogP) is 4.95. The van der Waals surface area contributed by atoms with Gasteiger partial charge in [-0.15, -0.1) is 0 Å². The molecule has 4 rings (SSSR count). The Morgan fingerprint density at radius 3 is 2.29 bits per heavy atom. The Labute approximate surface area is 204 Å². The summed E-state index contributed by atoms with van der Waals surface area (Å²) in [5, 5.41) is 11.2. The van der Waals surface area contributed by atoms with Crippen LogP contribution in [0.1, 0.15) is 23.6 Å². The lowest BCUT2D eigenvalue weighted by Crippen LogP contribution is -2.31. The molecule has 0 spiro atoms. The van der Waals surface area contributed by atoms with Crippen molar-refractivity contribution in [1.82, 2.24) is 4.90 Å². The summed E-state index contributed by atoms with van der Waals surface area (Å²) in [4.78, 5) is 27.7. The number of methoxy groups -OCH3 is 2. The summed E-state index contributed by atoms with van der Waals surface area (Å²) < 4.78 is 16.3. The van der Waals surface area contributed by atoms with Crippen LogP contribution in [0.2, 0.25) is 0 Å². The minimum atomic E-state index is -0.770. The monoisotopic (exact) mass is 473 g/mol. The molecule has 0 radical (unpaired) electrons. The first-order valence-electron chi connectivity index (χ1n) is 11.3. The topological polar surface area (TPSA) is 85.3 Å². The van der Waals surface area contributed by atoms with E-state index in [0.717, 1.165) is 0 Å². The molecule has 1 fully saturated rings. The number of nitrogens with zero attached hydrogens (tertiary/aromatic N) is 1. The van der Waals surface area contributed by atoms with Crippen LogP contribution >= 0.6 is 0 Å². The first-order chi connectivity index (χ1) is 17.0. The Morgan fingerprint density at radius 2 is 1.60 bits per heavy atom. The standard InChI is InChI=1S/C28H27NO6/c1-33-17-7-16-29-25(20-8-6-11-23(18-20)35-22-9-4-3-5-10-22)24(27(31)28(29)32)26(30)19-12-14-21(34-2)15-13-19/h3-6,8-15,18,25,30H,7,16-17H2,1-2H3/b26-24+/t25-/m1/s1. The SMILES string of the molecule is COCCCN1C(=O)C(=O)/C(=C(/O)c2ccc(OC)cc2)[C@H]1c1cccc(Oc2ccccc2)c1. The quantitative estimate of drug-likeness (QED) is 0.205. The van der Waals surface area contributed by atoms with E-state index >= 15 is 0 Å². The van der Waals surface area contributed by atoms with Crippen LogP contribution in [0.4, 0.5) is 0 Å². The molecule has 7 heteroatoms. The maximum absolute atomic E-state index is 13.1. The first-order valence-corrected chi connectivity index (χ1v) is 11.3. The van der Waals surface area contributed by atoms with E-state index in [9.17, 15) is 14.7 Å². The van der Waals surface area contributed by atoms with Crippen LogP contribution in [0.3, 0.4) is 0 Å². The minimum absolute atomic E-state index is 0.0365. The molecule has 1 atom stereocenters. The number of likely N-dealkylation sites (tertiary alicyclic amines) is 1. The second-order valence-corrected chi connectivity index (χ2v) is 8.05. The van der Waals surface area contributed by atoms with E-state index in [1.54, 1.807) is 56.7 Å². The van der Waals surface area contributed by atoms with Crippen LogP contribution in [-0.4, -0.2) is 49.1 Å². The molecule has 3 aromatic rings. The van der Waals surface area contributed by atoms with Crippen LogP contribution in [0.15, 0.2) is 84.4 Å². The van der Waals surface area contributed by atoms with Crippen LogP contribution < -0.4 is 9.47 Å². The highest BCUT2D eigenvalue weighted by atomic mass is 16.5. The maximum Gasteiger partial charge on any atom is 0.295 e. The Hall–Kier alpha value is -4.10. The molecular formula is C28H27NO6. The molecule has 0 saturated carbocycles.